The zero-order valence-corrected chi connectivity index (χ0v) is 21.3. The number of nitrogens with one attached hydrogen (secondary N) is 1. The maximum atomic E-state index is 13.3. The first-order valence-electron chi connectivity index (χ1n) is 13.3. The molecule has 5 rings (SSSR count). The van der Waals surface area contributed by atoms with Crippen molar-refractivity contribution in [1.82, 2.24) is 20.0 Å². The van der Waals surface area contributed by atoms with Crippen LogP contribution >= 0.6 is 0 Å². The number of carbonyl (C=O) groups excluding carboxylic acids is 3. The van der Waals surface area contributed by atoms with Crippen LogP contribution in [0.2, 0.25) is 0 Å². The predicted octanol–water partition coefficient (Wildman–Crippen LogP) is 2.82. The average Bonchev–Trinajstić information content (AvgIpc) is 3.50. The van der Waals surface area contributed by atoms with Crippen LogP contribution in [0.3, 0.4) is 0 Å². The second-order valence-electron chi connectivity index (χ2n) is 10.5. The van der Waals surface area contributed by atoms with E-state index in [-0.39, 0.29) is 11.8 Å². The lowest BCUT2D eigenvalue weighted by atomic mass is 10.0. The molecule has 3 amide bonds. The molecule has 0 aromatic heterocycles. The molecule has 192 valence electrons. The van der Waals surface area contributed by atoms with E-state index in [9.17, 15) is 14.4 Å². The zero-order valence-electron chi connectivity index (χ0n) is 21.3. The van der Waals surface area contributed by atoms with Crippen LogP contribution in [-0.4, -0.2) is 83.8 Å². The Bertz CT molecular complexity index is 1080. The number of fused-ring (bicyclic) bond motifs is 1. The van der Waals surface area contributed by atoms with Crippen LogP contribution in [0, 0.1) is 0 Å². The van der Waals surface area contributed by atoms with Gasteiger partial charge >= 0.3 is 0 Å². The Kier molecular flexibility index (Phi) is 6.88. The second-order valence-corrected chi connectivity index (χ2v) is 10.5. The van der Waals surface area contributed by atoms with E-state index in [0.717, 1.165) is 69.8 Å². The highest BCUT2D eigenvalue weighted by molar-refractivity contribution is 6.13. The molecule has 3 saturated heterocycles. The molecule has 0 aliphatic carbocycles. The van der Waals surface area contributed by atoms with Gasteiger partial charge in [-0.1, -0.05) is 19.2 Å². The first-order valence-corrected chi connectivity index (χ1v) is 13.3. The second kappa shape index (κ2) is 10.1. The van der Waals surface area contributed by atoms with E-state index >= 15 is 0 Å². The van der Waals surface area contributed by atoms with Crippen LogP contribution in [0.4, 0.5) is 5.69 Å². The quantitative estimate of drug-likeness (QED) is 0.662. The number of anilines is 1. The van der Waals surface area contributed by atoms with Gasteiger partial charge in [0.05, 0.1) is 5.56 Å². The third-order valence-corrected chi connectivity index (χ3v) is 8.22. The van der Waals surface area contributed by atoms with Gasteiger partial charge in [-0.2, -0.15) is 0 Å². The topological polar surface area (TPSA) is 76.2 Å². The Labute approximate surface area is 213 Å². The van der Waals surface area contributed by atoms with Gasteiger partial charge in [-0.25, -0.2) is 0 Å². The summed E-state index contributed by atoms with van der Waals surface area (Å²) in [6.07, 6.45) is 4.97. The molecule has 3 fully saturated rings. The summed E-state index contributed by atoms with van der Waals surface area (Å²) < 4.78 is 0. The molecule has 8 nitrogen and oxygen atoms in total. The number of piperazine rings is 1. The van der Waals surface area contributed by atoms with Crippen molar-refractivity contribution in [3.63, 3.8) is 0 Å². The summed E-state index contributed by atoms with van der Waals surface area (Å²) in [4.78, 5) is 46.8. The number of rotatable bonds is 6. The Morgan fingerprint density at radius 3 is 2.50 bits per heavy atom. The fourth-order valence-corrected chi connectivity index (χ4v) is 6.04. The largest absolute Gasteiger partial charge is 0.368 e. The smallest absolute Gasteiger partial charge is 0.259 e. The molecule has 0 bridgehead atoms. The van der Waals surface area contributed by atoms with Gasteiger partial charge in [0.2, 0.25) is 11.8 Å². The van der Waals surface area contributed by atoms with E-state index in [0.29, 0.717) is 48.2 Å². The lowest BCUT2D eigenvalue weighted by molar-refractivity contribution is -0.130. The number of piperidine rings is 1. The van der Waals surface area contributed by atoms with E-state index in [1.807, 2.05) is 17.0 Å². The summed E-state index contributed by atoms with van der Waals surface area (Å²) in [5.74, 6) is -0.0538. The van der Waals surface area contributed by atoms with Gasteiger partial charge in [0.15, 0.2) is 0 Å². The molecular weight excluding hydrogens is 454 g/mol. The molecule has 1 aromatic rings. The van der Waals surface area contributed by atoms with Crippen molar-refractivity contribution >= 4 is 29.1 Å². The van der Waals surface area contributed by atoms with Crippen molar-refractivity contribution in [2.75, 3.05) is 44.2 Å². The van der Waals surface area contributed by atoms with Crippen molar-refractivity contribution in [2.24, 2.45) is 0 Å². The number of allylic oxidation sites excluding steroid dienone is 1. The molecule has 0 spiro atoms. The van der Waals surface area contributed by atoms with Crippen LogP contribution in [0.15, 0.2) is 37.1 Å². The predicted molar refractivity (Wildman–Crippen MR) is 140 cm³/mol. The molecule has 2 atom stereocenters. The molecule has 36 heavy (non-hydrogen) atoms. The third kappa shape index (κ3) is 4.54. The molecule has 4 aliphatic rings. The first-order chi connectivity index (χ1) is 17.3. The highest BCUT2D eigenvalue weighted by Crippen LogP contribution is 2.41. The van der Waals surface area contributed by atoms with E-state index < -0.39 is 6.04 Å². The summed E-state index contributed by atoms with van der Waals surface area (Å²) in [7, 11) is 0. The van der Waals surface area contributed by atoms with Crippen LogP contribution < -0.4 is 10.2 Å². The minimum absolute atomic E-state index is 0.153. The molecular formula is C28H37N5O3. The standard InChI is InChI=1S/C28H37N5O3/c1-19-9-11-24(27(35)29-19)33-21(3)26-22(28(33)36)7-6-8-23(26)31-17-15-30(16-18-31)20(2)10-12-25(34)32-13-4-5-14-32/h6-8,20,24H,1,3-5,9-18H2,2H3,(H,29,35). The Morgan fingerprint density at radius 2 is 1.81 bits per heavy atom. The summed E-state index contributed by atoms with van der Waals surface area (Å²) in [5.41, 5.74) is 3.77. The molecule has 4 heterocycles. The number of hydrogen-bond acceptors (Lipinski definition) is 5. The summed E-state index contributed by atoms with van der Waals surface area (Å²) in [6, 6.07) is 5.60. The minimum atomic E-state index is -0.559. The Balaban J connectivity index is 1.23. The molecule has 0 radical (unpaired) electrons. The van der Waals surface area contributed by atoms with Crippen LogP contribution in [-0.2, 0) is 9.59 Å². The van der Waals surface area contributed by atoms with Gasteiger partial charge in [0, 0.05) is 74.4 Å². The summed E-state index contributed by atoms with van der Waals surface area (Å²) in [5, 5.41) is 2.79. The van der Waals surface area contributed by atoms with Crippen molar-refractivity contribution < 1.29 is 14.4 Å². The van der Waals surface area contributed by atoms with Gasteiger partial charge in [-0.05, 0) is 51.2 Å². The van der Waals surface area contributed by atoms with Gasteiger partial charge in [-0.15, -0.1) is 0 Å². The van der Waals surface area contributed by atoms with Crippen LogP contribution in [0.25, 0.3) is 5.70 Å². The lowest BCUT2D eigenvalue weighted by Crippen LogP contribution is -2.50. The molecule has 1 N–H and O–H groups in total. The molecule has 0 saturated carbocycles. The zero-order chi connectivity index (χ0) is 25.4. The maximum Gasteiger partial charge on any atom is 0.259 e. The number of likely N-dealkylation sites (tertiary alicyclic amines) is 1. The number of hydrogen-bond donors (Lipinski definition) is 1. The number of nitrogens with zero attached hydrogens (tertiary/aromatic N) is 4. The van der Waals surface area contributed by atoms with Crippen molar-refractivity contribution in [3.8, 4) is 0 Å². The van der Waals surface area contributed by atoms with Gasteiger partial charge in [0.1, 0.15) is 6.04 Å². The molecule has 4 aliphatic heterocycles. The third-order valence-electron chi connectivity index (χ3n) is 8.22. The summed E-state index contributed by atoms with van der Waals surface area (Å²) >= 11 is 0. The normalized spacial score (nSPS) is 23.8. The average molecular weight is 492 g/mol. The molecule has 1 aromatic carbocycles. The monoisotopic (exact) mass is 491 g/mol. The van der Waals surface area contributed by atoms with Crippen molar-refractivity contribution in [3.05, 3.63) is 48.2 Å². The minimum Gasteiger partial charge on any atom is -0.368 e. The maximum absolute atomic E-state index is 13.3. The fourth-order valence-electron chi connectivity index (χ4n) is 6.04. The Morgan fingerprint density at radius 1 is 1.08 bits per heavy atom. The molecule has 2 unspecified atom stereocenters. The molecule has 8 heteroatoms. The number of carbonyl (C=O) groups is 3. The number of benzene rings is 1. The van der Waals surface area contributed by atoms with Crippen LogP contribution in [0.5, 0.6) is 0 Å². The van der Waals surface area contributed by atoms with Gasteiger partial charge < -0.3 is 15.1 Å². The first kappa shape index (κ1) is 24.6. The van der Waals surface area contributed by atoms with E-state index in [1.165, 1.54) is 0 Å². The van der Waals surface area contributed by atoms with E-state index in [4.69, 9.17) is 0 Å². The highest BCUT2D eigenvalue weighted by atomic mass is 16.2. The van der Waals surface area contributed by atoms with E-state index in [1.54, 1.807) is 4.90 Å². The van der Waals surface area contributed by atoms with Crippen molar-refractivity contribution in [2.45, 2.75) is 57.5 Å². The highest BCUT2D eigenvalue weighted by Gasteiger charge is 2.42. The van der Waals surface area contributed by atoms with E-state index in [2.05, 4.69) is 41.3 Å². The van der Waals surface area contributed by atoms with Crippen LogP contribution in [0.1, 0.15) is 61.4 Å². The Hall–Kier alpha value is -3.13. The SMILES string of the molecule is C=C1CCC(N2C(=C)c3c(cccc3N3CCN(C(C)CCC(=O)N4CCCC4)CC3)C2=O)C(=O)N1. The summed E-state index contributed by atoms with van der Waals surface area (Å²) in [6.45, 7) is 15.6. The fraction of sp³-hybridized carbons (Fsp3) is 0.536. The number of amides is 3. The van der Waals surface area contributed by atoms with Crippen molar-refractivity contribution in [1.29, 1.82) is 0 Å². The lowest BCUT2D eigenvalue weighted by Gasteiger charge is -2.40. The van der Waals surface area contributed by atoms with Gasteiger partial charge in [0.25, 0.3) is 5.91 Å². The van der Waals surface area contributed by atoms with Gasteiger partial charge in [-0.3, -0.25) is 24.2 Å².